The lowest BCUT2D eigenvalue weighted by Gasteiger charge is -2.33. The SMILES string of the molecule is COc1cccc(C2CC(c3ccc(F)cc3)Nc3nc4ccccc4n32)c1. The third-order valence-electron chi connectivity index (χ3n) is 5.42. The van der Waals surface area contributed by atoms with E-state index in [9.17, 15) is 4.39 Å². The molecule has 5 heteroatoms. The molecule has 4 nitrogen and oxygen atoms in total. The van der Waals surface area contributed by atoms with Crippen LogP contribution in [0, 0.1) is 5.82 Å². The number of anilines is 1. The standard InChI is InChI=1S/C23H20FN3O/c1-28-18-6-4-5-16(13-18)22-14-20(15-9-11-17(24)12-10-15)26-23-25-19-7-2-3-8-21(19)27(22)23/h2-13,20,22H,14H2,1H3,(H,25,26). The van der Waals surface area contributed by atoms with Gasteiger partial charge in [0.15, 0.2) is 0 Å². The average molecular weight is 373 g/mol. The van der Waals surface area contributed by atoms with Gasteiger partial charge in [-0.15, -0.1) is 0 Å². The fourth-order valence-corrected chi connectivity index (χ4v) is 4.05. The minimum Gasteiger partial charge on any atom is -0.497 e. The molecule has 0 spiro atoms. The number of hydrogen-bond acceptors (Lipinski definition) is 3. The Hall–Kier alpha value is -3.34. The van der Waals surface area contributed by atoms with Gasteiger partial charge >= 0.3 is 0 Å². The third-order valence-corrected chi connectivity index (χ3v) is 5.42. The predicted molar refractivity (Wildman–Crippen MR) is 108 cm³/mol. The van der Waals surface area contributed by atoms with Crippen LogP contribution in [0.5, 0.6) is 5.75 Å². The fourth-order valence-electron chi connectivity index (χ4n) is 4.05. The van der Waals surface area contributed by atoms with Crippen molar-refractivity contribution in [2.75, 3.05) is 12.4 Å². The highest BCUT2D eigenvalue weighted by molar-refractivity contribution is 5.79. The Morgan fingerprint density at radius 2 is 1.82 bits per heavy atom. The Kier molecular flexibility index (Phi) is 4.01. The molecule has 140 valence electrons. The summed E-state index contributed by atoms with van der Waals surface area (Å²) < 4.78 is 21.1. The molecule has 1 aliphatic heterocycles. The Bertz CT molecular complexity index is 1140. The number of hydrogen-bond donors (Lipinski definition) is 1. The van der Waals surface area contributed by atoms with E-state index in [0.717, 1.165) is 40.3 Å². The van der Waals surface area contributed by atoms with Gasteiger partial charge in [-0.05, 0) is 53.9 Å². The van der Waals surface area contributed by atoms with Crippen molar-refractivity contribution in [3.63, 3.8) is 0 Å². The number of para-hydroxylation sites is 2. The van der Waals surface area contributed by atoms with E-state index in [1.807, 2.05) is 42.5 Å². The van der Waals surface area contributed by atoms with Crippen LogP contribution in [0.1, 0.15) is 29.6 Å². The van der Waals surface area contributed by atoms with E-state index in [-0.39, 0.29) is 17.9 Å². The molecule has 0 saturated heterocycles. The number of aromatic nitrogens is 2. The van der Waals surface area contributed by atoms with Crippen LogP contribution in [0.25, 0.3) is 11.0 Å². The zero-order chi connectivity index (χ0) is 19.1. The molecular formula is C23H20FN3O. The van der Waals surface area contributed by atoms with Crippen molar-refractivity contribution in [3.8, 4) is 5.75 Å². The predicted octanol–water partition coefficient (Wildman–Crippen LogP) is 5.33. The number of fused-ring (bicyclic) bond motifs is 3. The van der Waals surface area contributed by atoms with Gasteiger partial charge in [0.1, 0.15) is 11.6 Å². The maximum Gasteiger partial charge on any atom is 0.204 e. The summed E-state index contributed by atoms with van der Waals surface area (Å²) in [5.41, 5.74) is 4.26. The highest BCUT2D eigenvalue weighted by Crippen LogP contribution is 2.41. The molecule has 0 radical (unpaired) electrons. The molecule has 0 saturated carbocycles. The molecule has 1 N–H and O–H groups in total. The van der Waals surface area contributed by atoms with Crippen LogP contribution in [0.4, 0.5) is 10.3 Å². The first kappa shape index (κ1) is 16.8. The van der Waals surface area contributed by atoms with Crippen molar-refractivity contribution in [1.29, 1.82) is 0 Å². The molecule has 1 aliphatic rings. The van der Waals surface area contributed by atoms with E-state index in [1.54, 1.807) is 7.11 Å². The van der Waals surface area contributed by atoms with Crippen LogP contribution in [0.15, 0.2) is 72.8 Å². The first-order chi connectivity index (χ1) is 13.7. The van der Waals surface area contributed by atoms with Crippen molar-refractivity contribution in [2.24, 2.45) is 0 Å². The van der Waals surface area contributed by atoms with Crippen LogP contribution < -0.4 is 10.1 Å². The second-order valence-corrected chi connectivity index (χ2v) is 7.07. The van der Waals surface area contributed by atoms with E-state index in [1.165, 1.54) is 12.1 Å². The molecule has 2 heterocycles. The molecule has 28 heavy (non-hydrogen) atoms. The van der Waals surface area contributed by atoms with Crippen LogP contribution in [-0.4, -0.2) is 16.7 Å². The lowest BCUT2D eigenvalue weighted by molar-refractivity contribution is 0.411. The molecule has 0 amide bonds. The van der Waals surface area contributed by atoms with Crippen molar-refractivity contribution >= 4 is 17.0 Å². The fraction of sp³-hybridized carbons (Fsp3) is 0.174. The van der Waals surface area contributed by atoms with Gasteiger partial charge in [0.25, 0.3) is 0 Å². The van der Waals surface area contributed by atoms with E-state index in [2.05, 4.69) is 28.1 Å². The maximum absolute atomic E-state index is 13.4. The number of nitrogens with zero attached hydrogens (tertiary/aromatic N) is 2. The van der Waals surface area contributed by atoms with Crippen LogP contribution >= 0.6 is 0 Å². The largest absolute Gasteiger partial charge is 0.497 e. The Morgan fingerprint density at radius 1 is 1.00 bits per heavy atom. The lowest BCUT2D eigenvalue weighted by atomic mass is 9.92. The Morgan fingerprint density at radius 3 is 2.64 bits per heavy atom. The topological polar surface area (TPSA) is 39.1 Å². The first-order valence-corrected chi connectivity index (χ1v) is 9.36. The number of imidazole rings is 1. The number of benzene rings is 3. The van der Waals surface area contributed by atoms with Gasteiger partial charge in [-0.3, -0.25) is 0 Å². The minimum absolute atomic E-state index is 0.0427. The number of halogens is 1. The summed E-state index contributed by atoms with van der Waals surface area (Å²) in [6, 6.07) is 23.2. The Balaban J connectivity index is 1.66. The first-order valence-electron chi connectivity index (χ1n) is 9.36. The molecule has 0 aliphatic carbocycles. The van der Waals surface area contributed by atoms with Gasteiger partial charge in [0, 0.05) is 0 Å². The number of nitrogens with one attached hydrogen (secondary N) is 1. The van der Waals surface area contributed by atoms with Gasteiger partial charge < -0.3 is 14.6 Å². The summed E-state index contributed by atoms with van der Waals surface area (Å²) in [6.07, 6.45) is 0.826. The molecule has 0 fully saturated rings. The highest BCUT2D eigenvalue weighted by atomic mass is 19.1. The third kappa shape index (κ3) is 2.80. The van der Waals surface area contributed by atoms with Crippen LogP contribution in [0.2, 0.25) is 0 Å². The number of ether oxygens (including phenoxy) is 1. The molecule has 2 atom stereocenters. The quantitative estimate of drug-likeness (QED) is 0.527. The summed E-state index contributed by atoms with van der Waals surface area (Å²) >= 11 is 0. The van der Waals surface area contributed by atoms with Gasteiger partial charge in [0.2, 0.25) is 5.95 Å². The minimum atomic E-state index is -0.226. The highest BCUT2D eigenvalue weighted by Gasteiger charge is 2.31. The van der Waals surface area contributed by atoms with Crippen molar-refractivity contribution in [1.82, 2.24) is 9.55 Å². The smallest absolute Gasteiger partial charge is 0.204 e. The zero-order valence-electron chi connectivity index (χ0n) is 15.5. The maximum atomic E-state index is 13.4. The summed E-state index contributed by atoms with van der Waals surface area (Å²) in [5, 5.41) is 3.55. The normalized spacial score (nSPS) is 18.5. The van der Waals surface area contributed by atoms with Crippen molar-refractivity contribution in [2.45, 2.75) is 18.5 Å². The summed E-state index contributed by atoms with van der Waals surface area (Å²) in [7, 11) is 1.68. The number of methoxy groups -OCH3 is 1. The molecule has 0 bridgehead atoms. The summed E-state index contributed by atoms with van der Waals surface area (Å²) in [5.74, 6) is 1.44. The van der Waals surface area contributed by atoms with Crippen LogP contribution in [0.3, 0.4) is 0 Å². The summed E-state index contributed by atoms with van der Waals surface area (Å²) in [4.78, 5) is 4.81. The molecule has 1 aromatic heterocycles. The van der Waals surface area contributed by atoms with E-state index in [0.29, 0.717) is 0 Å². The van der Waals surface area contributed by atoms with Crippen molar-refractivity contribution < 1.29 is 9.13 Å². The van der Waals surface area contributed by atoms with Gasteiger partial charge in [-0.2, -0.15) is 0 Å². The molecule has 4 aromatic rings. The summed E-state index contributed by atoms with van der Waals surface area (Å²) in [6.45, 7) is 0. The van der Waals surface area contributed by atoms with E-state index < -0.39 is 0 Å². The second-order valence-electron chi connectivity index (χ2n) is 7.07. The van der Waals surface area contributed by atoms with Gasteiger partial charge in [-0.1, -0.05) is 36.4 Å². The van der Waals surface area contributed by atoms with Gasteiger partial charge in [0.05, 0.1) is 30.2 Å². The van der Waals surface area contributed by atoms with Crippen molar-refractivity contribution in [3.05, 3.63) is 89.7 Å². The van der Waals surface area contributed by atoms with E-state index in [4.69, 9.17) is 9.72 Å². The molecule has 2 unspecified atom stereocenters. The monoisotopic (exact) mass is 373 g/mol. The molecular weight excluding hydrogens is 353 g/mol. The zero-order valence-corrected chi connectivity index (χ0v) is 15.5. The van der Waals surface area contributed by atoms with Crippen LogP contribution in [-0.2, 0) is 0 Å². The van der Waals surface area contributed by atoms with E-state index >= 15 is 0 Å². The lowest BCUT2D eigenvalue weighted by Crippen LogP contribution is -2.27. The Labute approximate surface area is 162 Å². The average Bonchev–Trinajstić information content (AvgIpc) is 3.12. The molecule has 5 rings (SSSR count). The molecule has 3 aromatic carbocycles. The second kappa shape index (κ2) is 6.68. The van der Waals surface area contributed by atoms with Gasteiger partial charge in [-0.25, -0.2) is 9.37 Å². The number of rotatable bonds is 3.